The summed E-state index contributed by atoms with van der Waals surface area (Å²) in [7, 11) is 0. The molecule has 2 N–H and O–H groups in total. The van der Waals surface area contributed by atoms with Crippen LogP contribution in [0.1, 0.15) is 34.5 Å². The van der Waals surface area contributed by atoms with Crippen LogP contribution in [-0.4, -0.2) is 39.9 Å². The zero-order valence-corrected chi connectivity index (χ0v) is 18.3. The molecule has 0 spiro atoms. The second-order valence-electron chi connectivity index (χ2n) is 8.41. The van der Waals surface area contributed by atoms with Gasteiger partial charge >= 0.3 is 0 Å². The van der Waals surface area contributed by atoms with Crippen molar-refractivity contribution in [2.45, 2.75) is 32.2 Å². The summed E-state index contributed by atoms with van der Waals surface area (Å²) in [5.74, 6) is -2.63. The quantitative estimate of drug-likeness (QED) is 0.584. The lowest BCUT2D eigenvalue weighted by molar-refractivity contribution is 0.0676. The fraction of sp³-hybridized carbons (Fsp3) is 0.320. The SMILES string of the molecule is Cc1nc(-c2ccccc2)ncc1C(=O)N1CCC([C@H](N)Cc2cc(F)c(F)cc2F)CC1. The van der Waals surface area contributed by atoms with Crippen molar-refractivity contribution in [3.63, 3.8) is 0 Å². The molecule has 8 heteroatoms. The molecular formula is C25H25F3N4O. The van der Waals surface area contributed by atoms with Gasteiger partial charge in [-0.25, -0.2) is 23.1 Å². The Kier molecular flexibility index (Phi) is 6.74. The third kappa shape index (κ3) is 5.06. The Bertz CT molecular complexity index is 1150. The maximum absolute atomic E-state index is 14.0. The molecule has 0 saturated carbocycles. The lowest BCUT2D eigenvalue weighted by Gasteiger charge is -2.35. The van der Waals surface area contributed by atoms with E-state index >= 15 is 0 Å². The van der Waals surface area contributed by atoms with Crippen LogP contribution < -0.4 is 5.73 Å². The van der Waals surface area contributed by atoms with E-state index in [4.69, 9.17) is 5.73 Å². The van der Waals surface area contributed by atoms with Crippen molar-refractivity contribution in [1.82, 2.24) is 14.9 Å². The number of nitrogens with zero attached hydrogens (tertiary/aromatic N) is 3. The Balaban J connectivity index is 1.37. The molecule has 3 aromatic rings. The van der Waals surface area contributed by atoms with Gasteiger partial charge in [0.25, 0.3) is 5.91 Å². The van der Waals surface area contributed by atoms with Crippen molar-refractivity contribution in [3.05, 3.63) is 82.9 Å². The highest BCUT2D eigenvalue weighted by molar-refractivity contribution is 5.95. The molecule has 0 unspecified atom stereocenters. The van der Waals surface area contributed by atoms with Crippen molar-refractivity contribution >= 4 is 5.91 Å². The second kappa shape index (κ2) is 9.70. The van der Waals surface area contributed by atoms with Gasteiger partial charge in [0, 0.05) is 37.0 Å². The van der Waals surface area contributed by atoms with E-state index in [0.29, 0.717) is 49.1 Å². The molecule has 1 aliphatic heterocycles. The van der Waals surface area contributed by atoms with Gasteiger partial charge in [0.2, 0.25) is 0 Å². The average molecular weight is 454 g/mol. The van der Waals surface area contributed by atoms with Crippen LogP contribution in [0, 0.1) is 30.3 Å². The fourth-order valence-corrected chi connectivity index (χ4v) is 4.25. The first-order valence-corrected chi connectivity index (χ1v) is 10.9. The first-order valence-electron chi connectivity index (χ1n) is 10.9. The lowest BCUT2D eigenvalue weighted by atomic mass is 9.86. The van der Waals surface area contributed by atoms with Gasteiger partial charge < -0.3 is 10.6 Å². The topological polar surface area (TPSA) is 72.1 Å². The Labute approximate surface area is 190 Å². The molecule has 33 heavy (non-hydrogen) atoms. The molecule has 0 aliphatic carbocycles. The van der Waals surface area contributed by atoms with Gasteiger partial charge in [-0.1, -0.05) is 30.3 Å². The Morgan fingerprint density at radius 2 is 1.76 bits per heavy atom. The molecule has 2 aromatic carbocycles. The predicted octanol–water partition coefficient (Wildman–Crippen LogP) is 4.29. The maximum Gasteiger partial charge on any atom is 0.257 e. The Morgan fingerprint density at radius 3 is 2.42 bits per heavy atom. The number of benzene rings is 2. The third-order valence-electron chi connectivity index (χ3n) is 6.22. The average Bonchev–Trinajstić information content (AvgIpc) is 2.82. The van der Waals surface area contributed by atoms with Gasteiger partial charge in [-0.3, -0.25) is 4.79 Å². The minimum absolute atomic E-state index is 0.0411. The van der Waals surface area contributed by atoms with E-state index in [-0.39, 0.29) is 23.8 Å². The van der Waals surface area contributed by atoms with Gasteiger partial charge in [-0.2, -0.15) is 0 Å². The van der Waals surface area contributed by atoms with Gasteiger partial charge in [0.1, 0.15) is 5.82 Å². The molecular weight excluding hydrogens is 429 g/mol. The Morgan fingerprint density at radius 1 is 1.09 bits per heavy atom. The molecule has 4 rings (SSSR count). The molecule has 1 saturated heterocycles. The van der Waals surface area contributed by atoms with Crippen LogP contribution in [0.15, 0.2) is 48.7 Å². The molecule has 0 bridgehead atoms. The summed E-state index contributed by atoms with van der Waals surface area (Å²) < 4.78 is 40.6. The van der Waals surface area contributed by atoms with Crippen molar-refractivity contribution in [2.24, 2.45) is 11.7 Å². The van der Waals surface area contributed by atoms with Gasteiger partial charge in [0.05, 0.1) is 11.3 Å². The minimum atomic E-state index is -1.22. The summed E-state index contributed by atoms with van der Waals surface area (Å²) in [6, 6.07) is 10.5. The zero-order valence-electron chi connectivity index (χ0n) is 18.3. The van der Waals surface area contributed by atoms with E-state index in [1.807, 2.05) is 30.3 Å². The van der Waals surface area contributed by atoms with Crippen LogP contribution in [0.2, 0.25) is 0 Å². The molecule has 1 aromatic heterocycles. The molecule has 1 amide bonds. The molecule has 5 nitrogen and oxygen atoms in total. The summed E-state index contributed by atoms with van der Waals surface area (Å²) in [6.45, 7) is 2.79. The number of carbonyl (C=O) groups excluding carboxylic acids is 1. The standard InChI is InChI=1S/C25H25F3N4O/c1-15-19(14-30-24(31-15)17-5-3-2-4-6-17)25(33)32-9-7-16(8-10-32)23(29)12-18-11-21(27)22(28)13-20(18)26/h2-6,11,13-14,16,23H,7-10,12,29H2,1H3/t23-/m1/s1. The minimum Gasteiger partial charge on any atom is -0.339 e. The zero-order chi connectivity index (χ0) is 23.5. The lowest BCUT2D eigenvalue weighted by Crippen LogP contribution is -2.44. The maximum atomic E-state index is 14.0. The molecule has 172 valence electrons. The number of halogens is 3. The molecule has 1 aliphatic rings. The van der Waals surface area contributed by atoms with Crippen LogP contribution in [0.25, 0.3) is 11.4 Å². The highest BCUT2D eigenvalue weighted by atomic mass is 19.2. The number of nitrogens with two attached hydrogens (primary N) is 1. The second-order valence-corrected chi connectivity index (χ2v) is 8.41. The van der Waals surface area contributed by atoms with E-state index in [9.17, 15) is 18.0 Å². The van der Waals surface area contributed by atoms with E-state index in [0.717, 1.165) is 11.6 Å². The monoisotopic (exact) mass is 454 g/mol. The summed E-state index contributed by atoms with van der Waals surface area (Å²) in [4.78, 5) is 23.6. The first kappa shape index (κ1) is 22.9. The highest BCUT2D eigenvalue weighted by Crippen LogP contribution is 2.25. The predicted molar refractivity (Wildman–Crippen MR) is 119 cm³/mol. The number of likely N-dealkylation sites (tertiary alicyclic amines) is 1. The molecule has 1 fully saturated rings. The van der Waals surface area contributed by atoms with Crippen molar-refractivity contribution in [2.75, 3.05) is 13.1 Å². The summed E-state index contributed by atoms with van der Waals surface area (Å²) in [6.07, 6.45) is 2.95. The highest BCUT2D eigenvalue weighted by Gasteiger charge is 2.29. The number of hydrogen-bond donors (Lipinski definition) is 1. The normalized spacial score (nSPS) is 15.5. The van der Waals surface area contributed by atoms with Gasteiger partial charge in [-0.15, -0.1) is 0 Å². The van der Waals surface area contributed by atoms with E-state index in [1.165, 1.54) is 0 Å². The van der Waals surface area contributed by atoms with Crippen molar-refractivity contribution < 1.29 is 18.0 Å². The summed E-state index contributed by atoms with van der Waals surface area (Å²) in [5, 5.41) is 0. The van der Waals surface area contributed by atoms with Crippen molar-refractivity contribution in [3.8, 4) is 11.4 Å². The van der Waals surface area contributed by atoms with Crippen LogP contribution in [-0.2, 0) is 6.42 Å². The molecule has 2 heterocycles. The fourth-order valence-electron chi connectivity index (χ4n) is 4.25. The number of aryl methyl sites for hydroxylation is 1. The van der Waals surface area contributed by atoms with Crippen LogP contribution in [0.3, 0.4) is 0 Å². The summed E-state index contributed by atoms with van der Waals surface area (Å²) >= 11 is 0. The largest absolute Gasteiger partial charge is 0.339 e. The number of carbonyl (C=O) groups is 1. The number of aromatic nitrogens is 2. The van der Waals surface area contributed by atoms with Gasteiger partial charge in [0.15, 0.2) is 17.5 Å². The van der Waals surface area contributed by atoms with E-state index in [1.54, 1.807) is 18.0 Å². The number of rotatable bonds is 5. The van der Waals surface area contributed by atoms with Crippen molar-refractivity contribution in [1.29, 1.82) is 0 Å². The van der Waals surface area contributed by atoms with E-state index < -0.39 is 23.5 Å². The third-order valence-corrected chi connectivity index (χ3v) is 6.22. The number of amides is 1. The molecule has 0 radical (unpaired) electrons. The van der Waals surface area contributed by atoms with Crippen LogP contribution in [0.5, 0.6) is 0 Å². The van der Waals surface area contributed by atoms with Crippen LogP contribution in [0.4, 0.5) is 13.2 Å². The van der Waals surface area contributed by atoms with Crippen LogP contribution >= 0.6 is 0 Å². The smallest absolute Gasteiger partial charge is 0.257 e. The van der Waals surface area contributed by atoms with E-state index in [2.05, 4.69) is 9.97 Å². The summed E-state index contributed by atoms with van der Waals surface area (Å²) in [5.41, 5.74) is 8.27. The Hall–Kier alpha value is -3.26. The number of hydrogen-bond acceptors (Lipinski definition) is 4. The first-order chi connectivity index (χ1) is 15.8. The van der Waals surface area contributed by atoms with Gasteiger partial charge in [-0.05, 0) is 43.7 Å². The number of piperidine rings is 1. The molecule has 1 atom stereocenters.